The van der Waals surface area contributed by atoms with Gasteiger partial charge < -0.3 is 117 Å². The molecule has 2 heterocycles. The SMILES string of the molecule is CC[C@H](C)[C@H](NC(C)=O)C(=O)N[C@@H](C)C(=O)N[C@@H](Cc1c[nH]c2ccccc12)C(=O)N[C@@H](Cc1ccc(O)cc1)C(=O)N[C@@H](CCCCN)C(=O)NCC(=O)NCC(=O)NCC(=O)NCC(=O)NCC(=O)N[C@H](C(=O)N[C@@H](C)C(=O)N[C@@H](Cc1c[nH]c2ccccc12)C(=O)N[C@@H](Cc1ccc(O)cc1)C(=O)N[C@@H](CCCCN)C(N)=O)[C@@H](C)CC. The van der Waals surface area contributed by atoms with E-state index in [9.17, 15) is 86.9 Å². The van der Waals surface area contributed by atoms with Crippen LogP contribution in [0, 0.1) is 11.8 Å². The number of para-hydroxylation sites is 2. The minimum absolute atomic E-state index is 0.00430. The van der Waals surface area contributed by atoms with Crippen molar-refractivity contribution in [3.05, 3.63) is 132 Å². The molecule has 120 heavy (non-hydrogen) atoms. The number of aromatic hydroxyl groups is 2. The third-order valence-electron chi connectivity index (χ3n) is 20.0. The van der Waals surface area contributed by atoms with Crippen LogP contribution in [0.15, 0.2) is 109 Å². The number of H-pyrrole nitrogens is 2. The average Bonchev–Trinajstić information content (AvgIpc) is 1.70. The summed E-state index contributed by atoms with van der Waals surface area (Å²) in [5.74, 6) is -13.8. The molecule has 38 nitrogen and oxygen atoms in total. The van der Waals surface area contributed by atoms with Gasteiger partial charge >= 0.3 is 0 Å². The van der Waals surface area contributed by atoms with E-state index in [-0.39, 0.29) is 62.5 Å². The predicted octanol–water partition coefficient (Wildman–Crippen LogP) is -2.34. The van der Waals surface area contributed by atoms with Crippen LogP contribution in [0.1, 0.15) is 122 Å². The van der Waals surface area contributed by atoms with E-state index in [4.69, 9.17) is 17.2 Å². The second-order valence-electron chi connectivity index (χ2n) is 29.5. The summed E-state index contributed by atoms with van der Waals surface area (Å²) in [5.41, 5.74) is 20.7. The standard InChI is InChI=1S/C82H114N20O18/c1-8-45(3)71(95-49(7)103)81(119)93-47(5)74(112)98-65(37-53-39-87-59-21-13-11-19-57(53)59)80(118)101-63(35-51-26-30-55(105)31-27-51)78(116)97-61(23-15-17-33-84)76(114)92-43-69(109)90-41-67(107)88-40-66(106)89-42-68(108)91-44-70(110)102-72(46(4)9-2)82(120)94-48(6)75(113)99-64(36-52-38-86-58-20-12-10-18-56(52)58)79(117)100-62(34-50-24-28-54(104)29-25-50)77(115)96-60(73(85)111)22-14-16-32-83/h10-13,18-21,24-31,38-39,45-48,60-65,71-72,86-87,104-105H,8-9,14-17,22-23,32-37,40-44,83-84H2,1-7H3,(H2,85,111)(H,88,107)(H,89,106)(H,90,109)(H,91,108)(H,92,114)(H,93,119)(H,94,120)(H,95,103)(H,96,115)(H,97,116)(H,98,112)(H,99,113)(H,100,117)(H,101,118)(H,102,110)/t45-,46-,47-,48-,60-,61-,62-,63-,64-,65-,71-,72-/m0/s1. The number of fused-ring (bicyclic) bond motifs is 2. The van der Waals surface area contributed by atoms with Gasteiger partial charge in [0.2, 0.25) is 94.5 Å². The number of carbonyl (C=O) groups is 16. The molecule has 12 atom stereocenters. The van der Waals surface area contributed by atoms with Gasteiger partial charge in [-0.25, -0.2) is 0 Å². The molecule has 38 heteroatoms. The van der Waals surface area contributed by atoms with E-state index in [2.05, 4.69) is 89.7 Å². The Bertz CT molecular complexity index is 4540. The largest absolute Gasteiger partial charge is 0.508 e. The minimum Gasteiger partial charge on any atom is -0.508 e. The molecule has 0 fully saturated rings. The Morgan fingerprint density at radius 2 is 0.692 bits per heavy atom. The molecule has 0 saturated carbocycles. The van der Waals surface area contributed by atoms with E-state index >= 15 is 0 Å². The Morgan fingerprint density at radius 3 is 1.07 bits per heavy atom. The number of carbonyl (C=O) groups excluding carboxylic acids is 16. The number of aromatic amines is 2. The molecule has 0 aliphatic rings. The fourth-order valence-electron chi connectivity index (χ4n) is 12.7. The molecule has 0 saturated heterocycles. The first kappa shape index (κ1) is 95.8. The summed E-state index contributed by atoms with van der Waals surface area (Å²) in [6, 6.07) is 13.2. The zero-order valence-corrected chi connectivity index (χ0v) is 68.4. The molecule has 2 aromatic heterocycles. The van der Waals surface area contributed by atoms with Gasteiger partial charge in [-0.15, -0.1) is 0 Å². The van der Waals surface area contributed by atoms with Gasteiger partial charge in [-0.05, 0) is 136 Å². The van der Waals surface area contributed by atoms with Crippen LogP contribution >= 0.6 is 0 Å². The van der Waals surface area contributed by atoms with E-state index in [1.54, 1.807) is 75.6 Å². The third-order valence-corrected chi connectivity index (χ3v) is 20.0. The normalized spacial score (nSPS) is 14.1. The lowest BCUT2D eigenvalue weighted by atomic mass is 9.98. The van der Waals surface area contributed by atoms with Crippen molar-refractivity contribution in [2.24, 2.45) is 29.0 Å². The molecule has 6 rings (SSSR count). The zero-order chi connectivity index (χ0) is 88.1. The number of hydrogen-bond acceptors (Lipinski definition) is 20. The molecule has 25 N–H and O–H groups in total. The Morgan fingerprint density at radius 1 is 0.358 bits per heavy atom. The van der Waals surface area contributed by atoms with Crippen LogP contribution in [0.3, 0.4) is 0 Å². The Balaban J connectivity index is 0.994. The van der Waals surface area contributed by atoms with Crippen LogP contribution in [0.2, 0.25) is 0 Å². The summed E-state index contributed by atoms with van der Waals surface area (Å²) in [4.78, 5) is 223. The van der Waals surface area contributed by atoms with Crippen molar-refractivity contribution in [3.8, 4) is 11.5 Å². The van der Waals surface area contributed by atoms with Crippen LogP contribution in [0.5, 0.6) is 11.5 Å². The molecule has 0 unspecified atom stereocenters. The zero-order valence-electron chi connectivity index (χ0n) is 68.4. The number of aromatic nitrogens is 2. The molecule has 6 aromatic rings. The number of nitrogens with one attached hydrogen (secondary N) is 17. The predicted molar refractivity (Wildman–Crippen MR) is 443 cm³/mol. The topological polar surface area (TPSA) is 604 Å². The fourth-order valence-corrected chi connectivity index (χ4v) is 12.7. The number of phenolic OH excluding ortho intramolecular Hbond substituents is 2. The Hall–Kier alpha value is -13.0. The molecular formula is C82H114N20O18. The smallest absolute Gasteiger partial charge is 0.243 e. The lowest BCUT2D eigenvalue weighted by Gasteiger charge is -2.27. The quantitative estimate of drug-likeness (QED) is 0.0178. The van der Waals surface area contributed by atoms with Gasteiger partial charge in [0.1, 0.15) is 71.9 Å². The highest BCUT2D eigenvalue weighted by atomic mass is 16.3. The van der Waals surface area contributed by atoms with Gasteiger partial charge in [-0.1, -0.05) is 101 Å². The third kappa shape index (κ3) is 31.5. The lowest BCUT2D eigenvalue weighted by Crippen LogP contribution is -2.60. The molecular weight excluding hydrogens is 1550 g/mol. The minimum atomic E-state index is -1.46. The van der Waals surface area contributed by atoms with Crippen LogP contribution in [-0.4, -0.2) is 221 Å². The summed E-state index contributed by atoms with van der Waals surface area (Å²) in [5, 5.41) is 59.7. The molecule has 0 spiro atoms. The van der Waals surface area contributed by atoms with Crippen molar-refractivity contribution in [2.45, 2.75) is 186 Å². The number of amides is 16. The van der Waals surface area contributed by atoms with E-state index in [0.717, 1.165) is 21.8 Å². The maximum atomic E-state index is 14.7. The molecule has 650 valence electrons. The number of unbranched alkanes of at least 4 members (excludes halogenated alkanes) is 2. The van der Waals surface area contributed by atoms with Crippen LogP contribution < -0.4 is 97.0 Å². The fraction of sp³-hybridized carbons (Fsp3) is 0.463. The molecule has 0 aliphatic carbocycles. The van der Waals surface area contributed by atoms with Crippen LogP contribution in [0.4, 0.5) is 0 Å². The summed E-state index contributed by atoms with van der Waals surface area (Å²) >= 11 is 0. The van der Waals surface area contributed by atoms with E-state index < -0.39 is 194 Å². The second kappa shape index (κ2) is 48.6. The highest BCUT2D eigenvalue weighted by molar-refractivity contribution is 6.00. The van der Waals surface area contributed by atoms with Gasteiger partial charge in [0.15, 0.2) is 0 Å². The molecule has 0 aliphatic heterocycles. The van der Waals surface area contributed by atoms with Crippen molar-refractivity contribution < 1.29 is 86.9 Å². The summed E-state index contributed by atoms with van der Waals surface area (Å²) < 4.78 is 0. The van der Waals surface area contributed by atoms with Gasteiger partial charge in [0.25, 0.3) is 0 Å². The first-order chi connectivity index (χ1) is 57.2. The Labute approximate surface area is 694 Å². The number of primary amides is 1. The summed E-state index contributed by atoms with van der Waals surface area (Å²) in [6.45, 7) is 8.10. The molecule has 16 amide bonds. The number of rotatable bonds is 50. The van der Waals surface area contributed by atoms with Crippen molar-refractivity contribution in [3.63, 3.8) is 0 Å². The molecule has 0 bridgehead atoms. The highest BCUT2D eigenvalue weighted by Crippen LogP contribution is 2.23. The number of hydrogen-bond donors (Lipinski definition) is 22. The monoisotopic (exact) mass is 1670 g/mol. The van der Waals surface area contributed by atoms with Gasteiger partial charge in [0.05, 0.1) is 32.7 Å². The number of phenols is 2. The van der Waals surface area contributed by atoms with Gasteiger partial charge in [-0.2, -0.15) is 0 Å². The molecule has 4 aromatic carbocycles. The maximum absolute atomic E-state index is 14.7. The van der Waals surface area contributed by atoms with Gasteiger partial charge in [-0.3, -0.25) is 76.7 Å². The van der Waals surface area contributed by atoms with Crippen molar-refractivity contribution in [1.29, 1.82) is 0 Å². The van der Waals surface area contributed by atoms with E-state index in [1.807, 2.05) is 25.1 Å². The average molecular weight is 1670 g/mol. The lowest BCUT2D eigenvalue weighted by molar-refractivity contribution is -0.135. The van der Waals surface area contributed by atoms with Crippen LogP contribution in [-0.2, 0) is 102 Å². The molecule has 0 radical (unpaired) electrons. The Kier molecular flexibility index (Phi) is 38.9. The van der Waals surface area contributed by atoms with E-state index in [1.165, 1.54) is 57.2 Å². The second-order valence-corrected chi connectivity index (χ2v) is 29.5. The number of benzene rings is 4. The summed E-state index contributed by atoms with van der Waals surface area (Å²) in [7, 11) is 0. The van der Waals surface area contributed by atoms with E-state index in [0.29, 0.717) is 67.3 Å². The maximum Gasteiger partial charge on any atom is 0.243 e. The highest BCUT2D eigenvalue weighted by Gasteiger charge is 2.37. The van der Waals surface area contributed by atoms with Crippen molar-refractivity contribution >= 4 is 116 Å². The van der Waals surface area contributed by atoms with Gasteiger partial charge in [0, 0.05) is 66.8 Å². The first-order valence-electron chi connectivity index (χ1n) is 39.9. The van der Waals surface area contributed by atoms with Crippen LogP contribution in [0.25, 0.3) is 21.8 Å². The summed E-state index contributed by atoms with van der Waals surface area (Å²) in [6.07, 6.45) is 5.50. The van der Waals surface area contributed by atoms with Crippen molar-refractivity contribution in [1.82, 2.24) is 89.7 Å². The van der Waals surface area contributed by atoms with Crippen molar-refractivity contribution in [2.75, 3.05) is 45.8 Å². The first-order valence-corrected chi connectivity index (χ1v) is 39.9. The number of nitrogens with two attached hydrogens (primary N) is 3.